The number of aliphatic hydroxyl groups excluding tert-OH is 1. The fraction of sp³-hybridized carbons (Fsp3) is 0.330. The molecule has 4 fully saturated rings. The van der Waals surface area contributed by atoms with Gasteiger partial charge in [-0.3, -0.25) is 89.5 Å². The van der Waals surface area contributed by atoms with E-state index in [1.807, 2.05) is 199 Å². The van der Waals surface area contributed by atoms with Crippen LogP contribution in [0.1, 0.15) is 136 Å². The van der Waals surface area contributed by atoms with E-state index < -0.39 is 0 Å². The van der Waals surface area contributed by atoms with Crippen molar-refractivity contribution in [3.8, 4) is 56.3 Å². The summed E-state index contributed by atoms with van der Waals surface area (Å²) in [5.74, 6) is 1.53. The third kappa shape index (κ3) is 20.5. The van der Waals surface area contributed by atoms with Gasteiger partial charge in [-0.15, -0.1) is 0 Å². The van der Waals surface area contributed by atoms with Crippen LogP contribution in [0.3, 0.4) is 0 Å². The minimum Gasteiger partial charge on any atom is -0.395 e. The molecule has 4 aromatic carbocycles. The van der Waals surface area contributed by atoms with Gasteiger partial charge in [-0.05, 0) is 228 Å². The Bertz CT molecular complexity index is 8600. The Balaban J connectivity index is 0.000000106. The number of nitrogens with one attached hydrogen (secondary N) is 1. The first-order valence-corrected chi connectivity index (χ1v) is 49.6. The Morgan fingerprint density at radius 2 is 0.708 bits per heavy atom. The third-order valence-corrected chi connectivity index (χ3v) is 28.6. The number of aliphatic hydroxyl groups is 1. The van der Waals surface area contributed by atoms with Crippen LogP contribution in [0.2, 0.25) is 0 Å². The first-order valence-electron chi connectivity index (χ1n) is 49.6. The van der Waals surface area contributed by atoms with Gasteiger partial charge in [0, 0.05) is 225 Å². The molecule has 35 nitrogen and oxygen atoms in total. The number of benzene rings is 4. The van der Waals surface area contributed by atoms with Gasteiger partial charge >= 0.3 is 0 Å². The van der Waals surface area contributed by atoms with E-state index in [2.05, 4.69) is 125 Å². The summed E-state index contributed by atoms with van der Waals surface area (Å²) in [7, 11) is 9.72. The van der Waals surface area contributed by atoms with Crippen LogP contribution in [0.4, 0.5) is 0 Å². The van der Waals surface area contributed by atoms with Crippen molar-refractivity contribution in [2.75, 3.05) is 92.2 Å². The van der Waals surface area contributed by atoms with Crippen molar-refractivity contribution in [3.05, 3.63) is 312 Å². The van der Waals surface area contributed by atoms with E-state index in [1.165, 1.54) is 5.57 Å². The Labute approximate surface area is 827 Å². The minimum absolute atomic E-state index is 0.0704. The largest absolute Gasteiger partial charge is 0.395 e. The van der Waals surface area contributed by atoms with Gasteiger partial charge in [0.1, 0.15) is 11.3 Å². The number of rotatable bonds is 14. The Morgan fingerprint density at radius 1 is 0.361 bits per heavy atom. The van der Waals surface area contributed by atoms with E-state index in [-0.39, 0.29) is 34.4 Å². The zero-order chi connectivity index (χ0) is 99.1. The lowest BCUT2D eigenvalue weighted by Gasteiger charge is -2.31. The number of β-amino-alcohol motifs (C(OH)–C–C–N with tert-alkyl or cyclic N) is 1. The van der Waals surface area contributed by atoms with Gasteiger partial charge in [0.25, 0.3) is 27.8 Å². The maximum absolute atomic E-state index is 12.9. The first kappa shape index (κ1) is 94.7. The average molecular weight is 1930 g/mol. The number of likely N-dealkylation sites (tertiary alicyclic amines) is 3. The monoisotopic (exact) mass is 1930 g/mol. The van der Waals surface area contributed by atoms with Crippen molar-refractivity contribution in [1.82, 2.24) is 140 Å². The standard InChI is InChI=1S/C24H25N5O.C22H24N6O2.C22H24N6O.C21H22N6O.C20H20N6O/c1-16(2)27-10-8-18(9-11-27)19-4-7-23-26-21(12-24(30)29(23)15-19)20-5-6-22-25-17(3)13-28(22)14-20;1-26-13-17-10-16(2-3-18(17)25-26)19-11-22(30)28-14-20(23-12-21(28)24-19)15-4-6-27(7-5-15)8-9-29;1-3-27-8-6-15(7-9-27)20-14-28-21(12-23-20)24-19(11-22(28)29)16-4-5-18-17(10-16)13-26(2)25-18;1-25-7-5-14(6-8-25)19-13-27-20(11-22-19)23-18(10-21(27)28)15-3-4-17-16(9-15)12-26(2)24-17;1-25-11-15-8-14(2-3-16(15)24-25)17-9-20(27)26-12-18(22-10-19(26)23-17)13-4-6-21-7-5-13/h4-8,12-16H,9-11H2,1-3H3;2-3,10-15,29H,4-9H2,1H3;4-5,10-15H,3,6-9H2,1-2H3;3-4,9-14H,5-8H2,1-2H3;2-3,8-13,21H,4-7H2,1H3. The summed E-state index contributed by atoms with van der Waals surface area (Å²) in [5.41, 5.74) is 22.1. The molecule has 5 aliphatic heterocycles. The fourth-order valence-electron chi connectivity index (χ4n) is 20.5. The number of pyridine rings is 2. The molecule has 35 heteroatoms. The molecular weight excluding hydrogens is 1810 g/mol. The quantitative estimate of drug-likeness (QED) is 0.102. The molecule has 0 atom stereocenters. The average Bonchev–Trinajstić information content (AvgIpc) is 1.14. The summed E-state index contributed by atoms with van der Waals surface area (Å²) in [6.45, 7) is 20.8. The Hall–Kier alpha value is -15.5. The summed E-state index contributed by atoms with van der Waals surface area (Å²) in [5, 5.41) is 34.1. The molecule has 4 saturated heterocycles. The van der Waals surface area contributed by atoms with E-state index in [1.54, 1.807) is 95.8 Å². The molecule has 2 N–H and O–H groups in total. The molecule has 20 aromatic rings. The topological polar surface area (TPSA) is 357 Å². The van der Waals surface area contributed by atoms with Crippen LogP contribution in [0, 0.1) is 6.92 Å². The Morgan fingerprint density at radius 3 is 1.08 bits per heavy atom. The van der Waals surface area contributed by atoms with Gasteiger partial charge in [0.15, 0.2) is 22.6 Å². The van der Waals surface area contributed by atoms with Crippen molar-refractivity contribution in [1.29, 1.82) is 0 Å². The number of imidazole rings is 1. The van der Waals surface area contributed by atoms with Crippen LogP contribution in [-0.2, 0) is 28.2 Å². The van der Waals surface area contributed by atoms with Crippen molar-refractivity contribution in [2.45, 2.75) is 115 Å². The zero-order valence-corrected chi connectivity index (χ0v) is 82.3. The SMILES string of the molecule is CCN1CCC(c2cn3c(=O)cc(-c4ccc5nn(C)cc5c4)nc3cn2)CC1.CN1CCC(c2cn3c(=O)cc(-c4ccc5nn(C)cc5c4)nc3cn2)CC1.Cc1cn2cc(-c3cc(=O)n4cc(C5=CCN(C(C)C)CC5)ccc4n3)ccc2n1.Cn1cc2cc(-c3cc(=O)n4cc(C5CCN(CCO)CC5)ncc4n3)ccc2n1.Cn1cc2cc(-c3cc(=O)n4cc(C5CCNCC5)ncc4n3)ccc2n1. The van der Waals surface area contributed by atoms with Crippen LogP contribution in [0.15, 0.2) is 250 Å². The van der Waals surface area contributed by atoms with E-state index >= 15 is 0 Å². The number of fused-ring (bicyclic) bond motifs is 10. The maximum Gasteiger partial charge on any atom is 0.258 e. The normalized spacial score (nSPS) is 15.8. The summed E-state index contributed by atoms with van der Waals surface area (Å²) in [4.78, 5) is 120. The molecule has 0 spiro atoms. The smallest absolute Gasteiger partial charge is 0.258 e. The molecule has 0 unspecified atom stereocenters. The van der Waals surface area contributed by atoms with Crippen molar-refractivity contribution >= 4 is 83.1 Å². The number of aromatic nitrogens is 24. The molecule has 0 bridgehead atoms. The van der Waals surface area contributed by atoms with Gasteiger partial charge < -0.3 is 29.5 Å². The molecule has 0 aliphatic carbocycles. The zero-order valence-electron chi connectivity index (χ0n) is 82.3. The van der Waals surface area contributed by atoms with Crippen LogP contribution in [0.25, 0.3) is 139 Å². The highest BCUT2D eigenvalue weighted by Gasteiger charge is 2.28. The molecule has 5 aliphatic rings. The molecule has 0 saturated carbocycles. The second-order valence-electron chi connectivity index (χ2n) is 38.8. The van der Waals surface area contributed by atoms with Gasteiger partial charge in [0.05, 0.1) is 110 Å². The van der Waals surface area contributed by atoms with E-state index in [0.717, 1.165) is 247 Å². The number of piperidine rings is 4. The molecule has 21 heterocycles. The van der Waals surface area contributed by atoms with Crippen molar-refractivity contribution in [3.63, 3.8) is 0 Å². The number of aryl methyl sites for hydroxylation is 5. The second kappa shape index (κ2) is 40.8. The van der Waals surface area contributed by atoms with Crippen LogP contribution in [0.5, 0.6) is 0 Å². The van der Waals surface area contributed by atoms with Crippen LogP contribution in [-0.4, -0.2) is 238 Å². The Kier molecular flexibility index (Phi) is 26.8. The lowest BCUT2D eigenvalue weighted by atomic mass is 9.94. The van der Waals surface area contributed by atoms with Crippen molar-refractivity contribution in [2.24, 2.45) is 28.2 Å². The number of hydrogen-bond acceptors (Lipinski definition) is 25. The van der Waals surface area contributed by atoms with Crippen LogP contribution >= 0.6 is 0 Å². The highest BCUT2D eigenvalue weighted by Crippen LogP contribution is 2.35. The highest BCUT2D eigenvalue weighted by molar-refractivity contribution is 5.87. The molecule has 144 heavy (non-hydrogen) atoms. The number of nitrogens with zero attached hydrogens (tertiary/aromatic N) is 28. The minimum atomic E-state index is -0.109. The van der Waals surface area contributed by atoms with E-state index in [9.17, 15) is 24.0 Å². The van der Waals surface area contributed by atoms with Gasteiger partial charge in [-0.1, -0.05) is 37.3 Å². The predicted octanol–water partition coefficient (Wildman–Crippen LogP) is 13.0. The first-order chi connectivity index (χ1) is 69.9. The summed E-state index contributed by atoms with van der Waals surface area (Å²) >= 11 is 0. The van der Waals surface area contributed by atoms with Gasteiger partial charge in [-0.25, -0.2) is 29.9 Å². The molecule has 0 radical (unpaired) electrons. The fourth-order valence-corrected chi connectivity index (χ4v) is 20.5. The molecule has 16 aromatic heterocycles. The summed E-state index contributed by atoms with van der Waals surface area (Å²) in [6, 6.07) is 40.1. The van der Waals surface area contributed by atoms with Crippen LogP contribution < -0.4 is 33.1 Å². The predicted molar refractivity (Wildman–Crippen MR) is 559 cm³/mol. The van der Waals surface area contributed by atoms with E-state index in [0.29, 0.717) is 86.4 Å². The lowest BCUT2D eigenvalue weighted by molar-refractivity contribution is 0.163. The molecule has 732 valence electrons. The summed E-state index contributed by atoms with van der Waals surface area (Å²) in [6.07, 6.45) is 39.6. The maximum atomic E-state index is 12.9. The molecule has 0 amide bonds. The van der Waals surface area contributed by atoms with Gasteiger partial charge in [-0.2, -0.15) is 20.4 Å². The number of hydrogen-bond donors (Lipinski definition) is 2. The van der Waals surface area contributed by atoms with Gasteiger partial charge in [0.2, 0.25) is 0 Å². The lowest BCUT2D eigenvalue weighted by Crippen LogP contribution is -2.35. The van der Waals surface area contributed by atoms with Crippen molar-refractivity contribution < 1.29 is 5.11 Å². The highest BCUT2D eigenvalue weighted by atomic mass is 16.3. The molecular formula is C109H115N29O6. The second-order valence-corrected chi connectivity index (χ2v) is 38.8. The molecule has 25 rings (SSSR count). The van der Waals surface area contributed by atoms with E-state index in [4.69, 9.17) is 15.1 Å². The summed E-state index contributed by atoms with van der Waals surface area (Å²) < 4.78 is 17.2. The third-order valence-electron chi connectivity index (χ3n) is 28.6.